The maximum Gasteiger partial charge on any atom is 0.119 e. The molecule has 0 aliphatic heterocycles. The van der Waals surface area contributed by atoms with Crippen LogP contribution in [0.4, 0.5) is 0 Å². The first-order chi connectivity index (χ1) is 10.1. The summed E-state index contributed by atoms with van der Waals surface area (Å²) in [6.45, 7) is 2.74. The van der Waals surface area contributed by atoms with Crippen LogP contribution in [-0.4, -0.2) is 12.6 Å². The summed E-state index contributed by atoms with van der Waals surface area (Å²) in [5.74, 6) is 0.918. The molecule has 1 unspecified atom stereocenters. The first-order valence-corrected chi connectivity index (χ1v) is 8.15. The van der Waals surface area contributed by atoms with Crippen LogP contribution in [0.2, 0.25) is 0 Å². The number of aryl methyl sites for hydroxylation is 1. The first-order valence-electron chi connectivity index (χ1n) is 7.36. The lowest BCUT2D eigenvalue weighted by atomic mass is 10.1. The minimum atomic E-state index is 0.148. The van der Waals surface area contributed by atoms with Crippen LogP contribution in [0.25, 0.3) is 0 Å². The maximum atomic E-state index is 5.87. The number of halogens is 1. The Labute approximate surface area is 135 Å². The number of hydrogen-bond donors (Lipinski definition) is 1. The maximum absolute atomic E-state index is 5.87. The Kier molecular flexibility index (Phi) is 6.27. The van der Waals surface area contributed by atoms with Gasteiger partial charge in [-0.1, -0.05) is 46.3 Å². The summed E-state index contributed by atoms with van der Waals surface area (Å²) in [5, 5.41) is 0. The number of ether oxygens (including phenoxy) is 1. The van der Waals surface area contributed by atoms with Crippen LogP contribution >= 0.6 is 15.9 Å². The Morgan fingerprint density at radius 1 is 1.14 bits per heavy atom. The molecule has 0 spiro atoms. The Morgan fingerprint density at radius 2 is 1.90 bits per heavy atom. The molecule has 2 N–H and O–H groups in total. The second kappa shape index (κ2) is 8.20. The molecule has 0 heterocycles. The lowest BCUT2D eigenvalue weighted by Gasteiger charge is -2.11. The second-order valence-corrected chi connectivity index (χ2v) is 6.23. The van der Waals surface area contributed by atoms with E-state index in [0.29, 0.717) is 0 Å². The molecule has 3 heteroatoms. The van der Waals surface area contributed by atoms with Crippen molar-refractivity contribution in [3.63, 3.8) is 0 Å². The minimum absolute atomic E-state index is 0.148. The van der Waals surface area contributed by atoms with E-state index in [1.54, 1.807) is 0 Å². The van der Waals surface area contributed by atoms with Crippen LogP contribution in [0.1, 0.15) is 24.5 Å². The second-order valence-electron chi connectivity index (χ2n) is 5.37. The van der Waals surface area contributed by atoms with Gasteiger partial charge in [0.15, 0.2) is 0 Å². The fourth-order valence-corrected chi connectivity index (χ4v) is 2.66. The molecule has 0 bridgehead atoms. The number of nitrogens with two attached hydrogens (primary N) is 1. The van der Waals surface area contributed by atoms with Crippen molar-refractivity contribution in [2.75, 3.05) is 6.61 Å². The minimum Gasteiger partial charge on any atom is -0.494 e. The molecule has 0 aliphatic carbocycles. The van der Waals surface area contributed by atoms with Gasteiger partial charge >= 0.3 is 0 Å². The van der Waals surface area contributed by atoms with Crippen LogP contribution in [-0.2, 0) is 12.8 Å². The van der Waals surface area contributed by atoms with Crippen molar-refractivity contribution < 1.29 is 4.74 Å². The summed E-state index contributed by atoms with van der Waals surface area (Å²) in [7, 11) is 0. The highest BCUT2D eigenvalue weighted by Gasteiger charge is 2.05. The molecule has 2 aromatic carbocycles. The molecule has 0 aromatic heterocycles. The van der Waals surface area contributed by atoms with Crippen LogP contribution in [0, 0.1) is 0 Å². The van der Waals surface area contributed by atoms with E-state index in [9.17, 15) is 0 Å². The van der Waals surface area contributed by atoms with Gasteiger partial charge in [0.05, 0.1) is 6.61 Å². The van der Waals surface area contributed by atoms with Gasteiger partial charge in [-0.2, -0.15) is 0 Å². The van der Waals surface area contributed by atoms with E-state index in [-0.39, 0.29) is 6.04 Å². The van der Waals surface area contributed by atoms with Crippen molar-refractivity contribution >= 4 is 15.9 Å². The molecule has 0 radical (unpaired) electrons. The van der Waals surface area contributed by atoms with Gasteiger partial charge < -0.3 is 10.5 Å². The van der Waals surface area contributed by atoms with Gasteiger partial charge in [-0.25, -0.2) is 0 Å². The van der Waals surface area contributed by atoms with Crippen molar-refractivity contribution in [3.8, 4) is 5.75 Å². The summed E-state index contributed by atoms with van der Waals surface area (Å²) in [5.41, 5.74) is 8.42. The molecule has 1 atom stereocenters. The van der Waals surface area contributed by atoms with Crippen LogP contribution in [0.5, 0.6) is 5.75 Å². The van der Waals surface area contributed by atoms with E-state index in [1.807, 2.05) is 25.1 Å². The van der Waals surface area contributed by atoms with E-state index in [2.05, 4.69) is 46.3 Å². The number of rotatable bonds is 7. The lowest BCUT2D eigenvalue weighted by molar-refractivity contribution is 0.310. The molecule has 0 saturated carbocycles. The zero-order valence-electron chi connectivity index (χ0n) is 12.4. The molecule has 0 fully saturated rings. The Hall–Kier alpha value is -1.32. The average molecular weight is 348 g/mol. The fraction of sp³-hybridized carbons (Fsp3) is 0.333. The van der Waals surface area contributed by atoms with Crippen molar-refractivity contribution in [1.82, 2.24) is 0 Å². The monoisotopic (exact) mass is 347 g/mol. The third kappa shape index (κ3) is 5.52. The van der Waals surface area contributed by atoms with Crippen molar-refractivity contribution in [2.45, 2.75) is 32.2 Å². The topological polar surface area (TPSA) is 35.2 Å². The number of hydrogen-bond acceptors (Lipinski definition) is 2. The zero-order valence-corrected chi connectivity index (χ0v) is 14.0. The molecule has 0 aliphatic rings. The summed E-state index contributed by atoms with van der Waals surface area (Å²) in [4.78, 5) is 0. The van der Waals surface area contributed by atoms with E-state index in [1.165, 1.54) is 11.1 Å². The van der Waals surface area contributed by atoms with E-state index >= 15 is 0 Å². The lowest BCUT2D eigenvalue weighted by Crippen LogP contribution is -2.18. The van der Waals surface area contributed by atoms with E-state index in [0.717, 1.165) is 36.1 Å². The van der Waals surface area contributed by atoms with Gasteiger partial charge in [0.2, 0.25) is 0 Å². The standard InChI is InChI=1S/C18H22BrNO/c1-14(20)12-16-13-17(9-10-18(16)19)21-11-5-8-15-6-3-2-4-7-15/h2-4,6-7,9-10,13-14H,5,8,11-12,20H2,1H3. The highest BCUT2D eigenvalue weighted by Crippen LogP contribution is 2.23. The van der Waals surface area contributed by atoms with Gasteiger partial charge in [-0.05, 0) is 55.5 Å². The molecule has 2 nitrogen and oxygen atoms in total. The van der Waals surface area contributed by atoms with Crippen molar-refractivity contribution in [3.05, 3.63) is 64.1 Å². The molecule has 0 amide bonds. The van der Waals surface area contributed by atoms with Gasteiger partial charge in [0, 0.05) is 10.5 Å². The smallest absolute Gasteiger partial charge is 0.119 e. The van der Waals surface area contributed by atoms with Crippen LogP contribution < -0.4 is 10.5 Å². The summed E-state index contributed by atoms with van der Waals surface area (Å²) < 4.78 is 6.94. The van der Waals surface area contributed by atoms with Gasteiger partial charge in [0.1, 0.15) is 5.75 Å². The normalized spacial score (nSPS) is 12.1. The Bertz CT molecular complexity index is 554. The molecular weight excluding hydrogens is 326 g/mol. The summed E-state index contributed by atoms with van der Waals surface area (Å²) in [6.07, 6.45) is 2.91. The predicted octanol–water partition coefficient (Wildman–Crippen LogP) is 4.35. The third-order valence-corrected chi connectivity index (χ3v) is 4.05. The Morgan fingerprint density at radius 3 is 2.62 bits per heavy atom. The van der Waals surface area contributed by atoms with E-state index in [4.69, 9.17) is 10.5 Å². The van der Waals surface area contributed by atoms with Crippen molar-refractivity contribution in [2.24, 2.45) is 5.73 Å². The SMILES string of the molecule is CC(N)Cc1cc(OCCCc2ccccc2)ccc1Br. The third-order valence-electron chi connectivity index (χ3n) is 3.28. The molecule has 21 heavy (non-hydrogen) atoms. The Balaban J connectivity index is 1.83. The van der Waals surface area contributed by atoms with Gasteiger partial charge in [-0.3, -0.25) is 0 Å². The molecule has 2 aromatic rings. The molecular formula is C18H22BrNO. The largest absolute Gasteiger partial charge is 0.494 e. The first kappa shape index (κ1) is 16.1. The molecule has 0 saturated heterocycles. The van der Waals surface area contributed by atoms with Gasteiger partial charge in [-0.15, -0.1) is 0 Å². The predicted molar refractivity (Wildman–Crippen MR) is 91.8 cm³/mol. The highest BCUT2D eigenvalue weighted by atomic mass is 79.9. The van der Waals surface area contributed by atoms with E-state index < -0.39 is 0 Å². The quantitative estimate of drug-likeness (QED) is 0.755. The van der Waals surface area contributed by atoms with Crippen LogP contribution in [0.3, 0.4) is 0 Å². The molecule has 2 rings (SSSR count). The molecule has 112 valence electrons. The highest BCUT2D eigenvalue weighted by molar-refractivity contribution is 9.10. The summed E-state index contributed by atoms with van der Waals surface area (Å²) >= 11 is 3.56. The van der Waals surface area contributed by atoms with Gasteiger partial charge in [0.25, 0.3) is 0 Å². The number of benzene rings is 2. The average Bonchev–Trinajstić information content (AvgIpc) is 2.47. The van der Waals surface area contributed by atoms with Crippen molar-refractivity contribution in [1.29, 1.82) is 0 Å². The van der Waals surface area contributed by atoms with Crippen LogP contribution in [0.15, 0.2) is 53.0 Å². The zero-order chi connectivity index (χ0) is 15.1. The summed E-state index contributed by atoms with van der Waals surface area (Å²) in [6, 6.07) is 16.8. The fourth-order valence-electron chi connectivity index (χ4n) is 2.26.